The van der Waals surface area contributed by atoms with Crippen LogP contribution in [-0.4, -0.2) is 95.9 Å². The molecule has 7 amide bonds. The number of amides is 7. The number of nitrogens with one attached hydrogen (secondary N) is 6. The van der Waals surface area contributed by atoms with E-state index >= 15 is 0 Å². The fraction of sp³-hybridized carbons (Fsp3) is 0.486. The summed E-state index contributed by atoms with van der Waals surface area (Å²) in [4.78, 5) is 92.9. The molecule has 3 rings (SSSR count). The summed E-state index contributed by atoms with van der Waals surface area (Å²) < 4.78 is 0. The number of aliphatic hydroxyl groups is 1. The van der Waals surface area contributed by atoms with Gasteiger partial charge in [-0.3, -0.25) is 33.6 Å². The molecule has 1 saturated heterocycles. The molecule has 2 aromatic rings. The van der Waals surface area contributed by atoms with Crippen molar-refractivity contribution < 1.29 is 38.7 Å². The van der Waals surface area contributed by atoms with E-state index in [9.17, 15) is 38.7 Å². The molecule has 1 fully saturated rings. The summed E-state index contributed by atoms with van der Waals surface area (Å²) in [6.07, 6.45) is 0.593. The molecule has 2 aromatic carbocycles. The van der Waals surface area contributed by atoms with Crippen LogP contribution in [0.1, 0.15) is 57.1 Å². The molecule has 16 heteroatoms. The van der Waals surface area contributed by atoms with Gasteiger partial charge in [-0.05, 0) is 42.7 Å². The second-order valence-corrected chi connectivity index (χ2v) is 13.6. The van der Waals surface area contributed by atoms with E-state index in [1.807, 2.05) is 13.8 Å². The number of carbonyl (C=O) groups is 7. The van der Waals surface area contributed by atoms with Gasteiger partial charge in [-0.1, -0.05) is 74.5 Å². The topological polar surface area (TPSA) is 264 Å². The number of benzene rings is 2. The predicted octanol–water partition coefficient (Wildman–Crippen LogP) is -1.56. The van der Waals surface area contributed by atoms with Crippen molar-refractivity contribution in [1.82, 2.24) is 31.9 Å². The molecular formula is C37H52N8O8. The van der Waals surface area contributed by atoms with Crippen molar-refractivity contribution in [3.8, 4) is 0 Å². The maximum absolute atomic E-state index is 14.0. The van der Waals surface area contributed by atoms with E-state index in [4.69, 9.17) is 11.5 Å². The Balaban J connectivity index is 1.94. The van der Waals surface area contributed by atoms with Crippen molar-refractivity contribution in [3.63, 3.8) is 0 Å². The highest BCUT2D eigenvalue weighted by Gasteiger charge is 2.33. The molecule has 0 radical (unpaired) electrons. The fourth-order valence-corrected chi connectivity index (χ4v) is 5.72. The maximum atomic E-state index is 14.0. The van der Waals surface area contributed by atoms with Gasteiger partial charge in [0.15, 0.2) is 0 Å². The largest absolute Gasteiger partial charge is 0.394 e. The van der Waals surface area contributed by atoms with E-state index in [1.54, 1.807) is 60.7 Å². The lowest BCUT2D eigenvalue weighted by Gasteiger charge is -2.28. The maximum Gasteiger partial charge on any atom is 0.243 e. The SMILES string of the molecule is CC(C)C[C@@H]1NC(=O)[C@@H](NC(=O)[C@H](Cc2ccccc2)NC(=O)[C@@H](N)CO)CCCCNC(=O)C[C@@H](C(N)=O)NC(=O)[C@H](Cc2ccccc2)NC1=O. The monoisotopic (exact) mass is 736 g/mol. The number of aliphatic hydroxyl groups excluding tert-OH is 1. The lowest BCUT2D eigenvalue weighted by molar-refractivity contribution is -0.135. The highest BCUT2D eigenvalue weighted by Crippen LogP contribution is 2.12. The van der Waals surface area contributed by atoms with Crippen LogP contribution in [0.3, 0.4) is 0 Å². The zero-order valence-corrected chi connectivity index (χ0v) is 30.1. The van der Waals surface area contributed by atoms with Gasteiger partial charge in [-0.2, -0.15) is 0 Å². The summed E-state index contributed by atoms with van der Waals surface area (Å²) in [5.74, 6) is -5.16. The quantitative estimate of drug-likeness (QED) is 0.122. The van der Waals surface area contributed by atoms with Gasteiger partial charge in [0.25, 0.3) is 0 Å². The number of carbonyl (C=O) groups excluding carboxylic acids is 7. The van der Waals surface area contributed by atoms with Crippen molar-refractivity contribution in [3.05, 3.63) is 71.8 Å². The molecule has 0 aliphatic carbocycles. The Morgan fingerprint density at radius 3 is 2.04 bits per heavy atom. The molecular weight excluding hydrogens is 684 g/mol. The zero-order valence-electron chi connectivity index (χ0n) is 30.1. The van der Waals surface area contributed by atoms with Crippen molar-refractivity contribution in [2.24, 2.45) is 17.4 Å². The molecule has 11 N–H and O–H groups in total. The first-order chi connectivity index (χ1) is 25.3. The Morgan fingerprint density at radius 2 is 1.43 bits per heavy atom. The third kappa shape index (κ3) is 14.3. The van der Waals surface area contributed by atoms with Crippen LogP contribution in [0.4, 0.5) is 0 Å². The van der Waals surface area contributed by atoms with E-state index in [1.165, 1.54) is 0 Å². The molecule has 0 spiro atoms. The summed E-state index contributed by atoms with van der Waals surface area (Å²) in [7, 11) is 0. The average Bonchev–Trinajstić information content (AvgIpc) is 3.12. The van der Waals surface area contributed by atoms with Crippen LogP contribution in [0.2, 0.25) is 0 Å². The Hall–Kier alpha value is -5.35. The Labute approximate surface area is 309 Å². The van der Waals surface area contributed by atoms with Gasteiger partial charge in [0.1, 0.15) is 36.3 Å². The van der Waals surface area contributed by atoms with Gasteiger partial charge >= 0.3 is 0 Å². The third-order valence-electron chi connectivity index (χ3n) is 8.63. The van der Waals surface area contributed by atoms with Gasteiger partial charge < -0.3 is 48.5 Å². The molecule has 1 heterocycles. The minimum absolute atomic E-state index is 0.0194. The first-order valence-electron chi connectivity index (χ1n) is 17.8. The van der Waals surface area contributed by atoms with Crippen molar-refractivity contribution in [2.75, 3.05) is 13.2 Å². The van der Waals surface area contributed by atoms with Crippen LogP contribution in [0.25, 0.3) is 0 Å². The minimum Gasteiger partial charge on any atom is -0.394 e. The minimum atomic E-state index is -1.35. The Kier molecular flexibility index (Phi) is 16.9. The number of nitrogens with two attached hydrogens (primary N) is 2. The van der Waals surface area contributed by atoms with E-state index in [2.05, 4.69) is 31.9 Å². The summed E-state index contributed by atoms with van der Waals surface area (Å²) >= 11 is 0. The summed E-state index contributed by atoms with van der Waals surface area (Å²) in [5, 5.41) is 25.3. The highest BCUT2D eigenvalue weighted by molar-refractivity contribution is 5.97. The van der Waals surface area contributed by atoms with E-state index in [0.29, 0.717) is 24.0 Å². The molecule has 1 aliphatic heterocycles. The molecule has 16 nitrogen and oxygen atoms in total. The fourth-order valence-electron chi connectivity index (χ4n) is 5.72. The average molecular weight is 737 g/mol. The van der Waals surface area contributed by atoms with Gasteiger partial charge in [0, 0.05) is 19.4 Å². The van der Waals surface area contributed by atoms with Gasteiger partial charge in [-0.25, -0.2) is 0 Å². The molecule has 0 unspecified atom stereocenters. The summed E-state index contributed by atoms with van der Waals surface area (Å²) in [5.41, 5.74) is 12.6. The van der Waals surface area contributed by atoms with Crippen LogP contribution >= 0.6 is 0 Å². The predicted molar refractivity (Wildman–Crippen MR) is 195 cm³/mol. The smallest absolute Gasteiger partial charge is 0.243 e. The van der Waals surface area contributed by atoms with Crippen LogP contribution in [0.5, 0.6) is 0 Å². The molecule has 0 bridgehead atoms. The zero-order chi connectivity index (χ0) is 38.9. The van der Waals surface area contributed by atoms with Gasteiger partial charge in [-0.15, -0.1) is 0 Å². The van der Waals surface area contributed by atoms with Crippen LogP contribution < -0.4 is 43.4 Å². The van der Waals surface area contributed by atoms with E-state index in [0.717, 1.165) is 0 Å². The molecule has 288 valence electrons. The second kappa shape index (κ2) is 21.2. The van der Waals surface area contributed by atoms with Crippen LogP contribution in [-0.2, 0) is 46.4 Å². The third-order valence-corrected chi connectivity index (χ3v) is 8.63. The van der Waals surface area contributed by atoms with E-state index < -0.39 is 90.6 Å². The van der Waals surface area contributed by atoms with Gasteiger partial charge in [0.2, 0.25) is 41.4 Å². The second-order valence-electron chi connectivity index (χ2n) is 13.6. The molecule has 6 atom stereocenters. The summed E-state index contributed by atoms with van der Waals surface area (Å²) in [6.45, 7) is 3.21. The molecule has 53 heavy (non-hydrogen) atoms. The lowest BCUT2D eigenvalue weighted by Crippen LogP contribution is -2.60. The Bertz CT molecular complexity index is 1560. The van der Waals surface area contributed by atoms with Crippen LogP contribution in [0, 0.1) is 5.92 Å². The summed E-state index contributed by atoms with van der Waals surface area (Å²) in [6, 6.07) is 10.3. The van der Waals surface area contributed by atoms with E-state index in [-0.39, 0.29) is 38.1 Å². The Morgan fingerprint density at radius 1 is 0.830 bits per heavy atom. The van der Waals surface area contributed by atoms with Crippen molar-refractivity contribution >= 4 is 41.4 Å². The standard InChI is InChI=1S/C37H52N8O8/c1-22(2)17-28-35(51)45-30(19-24-13-7-4-8-14-24)37(53)42-27(32(39)48)20-31(47)40-16-10-9-15-26(34(50)44-28)41-36(52)29(43-33(49)25(38)21-46)18-23-11-5-3-6-12-23/h3-8,11-14,22,25-30,46H,9-10,15-21,38H2,1-2H3,(H2,39,48)(H,40,47)(H,41,52)(H,42,53)(H,43,49)(H,44,50)(H,45,51)/t25-,26-,27-,28-,29-,30-/m0/s1. The first-order valence-corrected chi connectivity index (χ1v) is 17.8. The normalized spacial score (nSPS) is 21.8. The van der Waals surface area contributed by atoms with Crippen molar-refractivity contribution in [1.29, 1.82) is 0 Å². The first kappa shape index (κ1) is 42.1. The lowest BCUT2D eigenvalue weighted by atomic mass is 9.99. The number of primary amides is 1. The van der Waals surface area contributed by atoms with Crippen LogP contribution in [0.15, 0.2) is 60.7 Å². The highest BCUT2D eigenvalue weighted by atomic mass is 16.3. The molecule has 0 aromatic heterocycles. The number of hydrogen-bond acceptors (Lipinski definition) is 9. The number of hydrogen-bond donors (Lipinski definition) is 9. The van der Waals surface area contributed by atoms with Gasteiger partial charge in [0.05, 0.1) is 13.0 Å². The van der Waals surface area contributed by atoms with Crippen molar-refractivity contribution in [2.45, 2.75) is 95.0 Å². The molecule has 1 aliphatic rings. The number of rotatable bonds is 12. The molecule has 0 saturated carbocycles.